The van der Waals surface area contributed by atoms with Gasteiger partial charge in [-0.2, -0.15) is 0 Å². The van der Waals surface area contributed by atoms with Gasteiger partial charge in [-0.15, -0.1) is 10.2 Å². The number of aromatic nitrogens is 2. The lowest BCUT2D eigenvalue weighted by Crippen LogP contribution is -2.20. The predicted molar refractivity (Wildman–Crippen MR) is 54.9 cm³/mol. The lowest BCUT2D eigenvalue weighted by molar-refractivity contribution is 0.380. The van der Waals surface area contributed by atoms with Crippen molar-refractivity contribution in [1.29, 1.82) is 0 Å². The fourth-order valence-corrected chi connectivity index (χ4v) is 2.06. The van der Waals surface area contributed by atoms with Crippen LogP contribution < -0.4 is 5.32 Å². The lowest BCUT2D eigenvalue weighted by Gasteiger charge is -2.19. The Labute approximate surface area is 82.6 Å². The van der Waals surface area contributed by atoms with E-state index in [0.29, 0.717) is 5.41 Å². The second-order valence-corrected chi connectivity index (χ2v) is 4.95. The Morgan fingerprint density at radius 1 is 1.62 bits per heavy atom. The minimum atomic E-state index is 0.547. The molecule has 1 aliphatic rings. The largest absolute Gasteiger partial charge is 0.360 e. The molecule has 1 aliphatic carbocycles. The summed E-state index contributed by atoms with van der Waals surface area (Å²) in [6, 6.07) is 0. The van der Waals surface area contributed by atoms with Crippen molar-refractivity contribution in [2.24, 2.45) is 11.3 Å². The molecule has 72 valence electrons. The Balaban J connectivity index is 1.86. The van der Waals surface area contributed by atoms with Gasteiger partial charge in [0.15, 0.2) is 0 Å². The second-order valence-electron chi connectivity index (χ2n) is 4.11. The standard InChI is InChI=1S/C9H15N3S/c1-7(2)9(3-4-9)5-10-8-12-11-6-13-8/h6-7H,3-5H2,1-2H3,(H,10,12). The summed E-state index contributed by atoms with van der Waals surface area (Å²) >= 11 is 1.57. The Morgan fingerprint density at radius 2 is 2.38 bits per heavy atom. The molecule has 0 unspecified atom stereocenters. The summed E-state index contributed by atoms with van der Waals surface area (Å²) in [4.78, 5) is 0. The summed E-state index contributed by atoms with van der Waals surface area (Å²) in [7, 11) is 0. The molecule has 0 bridgehead atoms. The molecule has 0 spiro atoms. The molecule has 3 nitrogen and oxygen atoms in total. The Morgan fingerprint density at radius 3 is 2.85 bits per heavy atom. The van der Waals surface area contributed by atoms with Crippen LogP contribution in [0, 0.1) is 11.3 Å². The van der Waals surface area contributed by atoms with Gasteiger partial charge in [-0.3, -0.25) is 0 Å². The molecule has 0 radical (unpaired) electrons. The number of nitrogens with one attached hydrogen (secondary N) is 1. The van der Waals surface area contributed by atoms with Crippen LogP contribution in [-0.2, 0) is 0 Å². The molecule has 0 saturated heterocycles. The van der Waals surface area contributed by atoms with Gasteiger partial charge in [-0.25, -0.2) is 0 Å². The molecule has 1 saturated carbocycles. The summed E-state index contributed by atoms with van der Waals surface area (Å²) in [6.07, 6.45) is 2.72. The van der Waals surface area contributed by atoms with Crippen molar-refractivity contribution in [2.75, 3.05) is 11.9 Å². The van der Waals surface area contributed by atoms with Crippen LogP contribution in [0.5, 0.6) is 0 Å². The van der Waals surface area contributed by atoms with Crippen molar-refractivity contribution in [3.63, 3.8) is 0 Å². The SMILES string of the molecule is CC(C)C1(CNc2nncs2)CC1. The van der Waals surface area contributed by atoms with Crippen molar-refractivity contribution in [3.05, 3.63) is 5.51 Å². The van der Waals surface area contributed by atoms with Crippen LogP contribution in [0.25, 0.3) is 0 Å². The smallest absolute Gasteiger partial charge is 0.205 e. The fraction of sp³-hybridized carbons (Fsp3) is 0.778. The molecule has 0 amide bonds. The number of hydrogen-bond acceptors (Lipinski definition) is 4. The number of hydrogen-bond donors (Lipinski definition) is 1. The highest BCUT2D eigenvalue weighted by Gasteiger charge is 2.44. The van der Waals surface area contributed by atoms with Crippen LogP contribution in [0.2, 0.25) is 0 Å². The third-order valence-electron chi connectivity index (χ3n) is 3.07. The Hall–Kier alpha value is -0.640. The normalized spacial score (nSPS) is 19.0. The molecule has 1 heterocycles. The molecule has 1 N–H and O–H groups in total. The lowest BCUT2D eigenvalue weighted by atomic mass is 9.92. The van der Waals surface area contributed by atoms with Crippen molar-refractivity contribution in [2.45, 2.75) is 26.7 Å². The van der Waals surface area contributed by atoms with Crippen LogP contribution in [0.15, 0.2) is 5.51 Å². The van der Waals surface area contributed by atoms with Crippen molar-refractivity contribution >= 4 is 16.5 Å². The summed E-state index contributed by atoms with van der Waals surface area (Å²) in [5.41, 5.74) is 2.31. The monoisotopic (exact) mass is 197 g/mol. The molecule has 0 atom stereocenters. The van der Waals surface area contributed by atoms with E-state index < -0.39 is 0 Å². The number of nitrogens with zero attached hydrogens (tertiary/aromatic N) is 2. The molecule has 1 aromatic heterocycles. The summed E-state index contributed by atoms with van der Waals surface area (Å²) in [5, 5.41) is 12.1. The van der Waals surface area contributed by atoms with Gasteiger partial charge >= 0.3 is 0 Å². The molecule has 1 fully saturated rings. The van der Waals surface area contributed by atoms with E-state index in [0.717, 1.165) is 17.6 Å². The summed E-state index contributed by atoms with van der Waals surface area (Å²) in [5.74, 6) is 0.771. The van der Waals surface area contributed by atoms with E-state index in [9.17, 15) is 0 Å². The van der Waals surface area contributed by atoms with Gasteiger partial charge in [0, 0.05) is 6.54 Å². The first-order chi connectivity index (χ1) is 6.23. The van der Waals surface area contributed by atoms with E-state index in [2.05, 4.69) is 29.4 Å². The van der Waals surface area contributed by atoms with Gasteiger partial charge in [-0.05, 0) is 24.2 Å². The first-order valence-electron chi connectivity index (χ1n) is 4.73. The predicted octanol–water partition coefficient (Wildman–Crippen LogP) is 2.39. The molecule has 0 aromatic carbocycles. The van der Waals surface area contributed by atoms with Crippen LogP contribution in [0.3, 0.4) is 0 Å². The van der Waals surface area contributed by atoms with E-state index in [1.54, 1.807) is 16.8 Å². The number of rotatable bonds is 4. The van der Waals surface area contributed by atoms with E-state index in [1.165, 1.54) is 12.8 Å². The quantitative estimate of drug-likeness (QED) is 0.805. The van der Waals surface area contributed by atoms with E-state index in [1.807, 2.05) is 0 Å². The highest BCUT2D eigenvalue weighted by atomic mass is 32.1. The van der Waals surface area contributed by atoms with Gasteiger partial charge in [0.25, 0.3) is 0 Å². The van der Waals surface area contributed by atoms with Gasteiger partial charge in [0.05, 0.1) is 0 Å². The molecular formula is C9H15N3S. The first-order valence-corrected chi connectivity index (χ1v) is 5.61. The number of anilines is 1. The van der Waals surface area contributed by atoms with Crippen LogP contribution in [-0.4, -0.2) is 16.7 Å². The molecule has 1 aromatic rings. The third kappa shape index (κ3) is 1.82. The van der Waals surface area contributed by atoms with Gasteiger partial charge in [-0.1, -0.05) is 25.2 Å². The Bertz CT molecular complexity index is 264. The maximum absolute atomic E-state index is 3.96. The maximum atomic E-state index is 3.96. The molecule has 13 heavy (non-hydrogen) atoms. The minimum Gasteiger partial charge on any atom is -0.360 e. The maximum Gasteiger partial charge on any atom is 0.205 e. The topological polar surface area (TPSA) is 37.8 Å². The van der Waals surface area contributed by atoms with Gasteiger partial charge in [0.1, 0.15) is 5.51 Å². The molecular weight excluding hydrogens is 182 g/mol. The van der Waals surface area contributed by atoms with Crippen molar-refractivity contribution in [1.82, 2.24) is 10.2 Å². The zero-order valence-corrected chi connectivity index (χ0v) is 8.90. The van der Waals surface area contributed by atoms with Crippen LogP contribution in [0.4, 0.5) is 5.13 Å². The highest BCUT2D eigenvalue weighted by molar-refractivity contribution is 7.13. The summed E-state index contributed by atoms with van der Waals surface area (Å²) in [6.45, 7) is 5.66. The van der Waals surface area contributed by atoms with Gasteiger partial charge < -0.3 is 5.32 Å². The van der Waals surface area contributed by atoms with Crippen LogP contribution >= 0.6 is 11.3 Å². The fourth-order valence-electron chi connectivity index (χ4n) is 1.62. The van der Waals surface area contributed by atoms with E-state index >= 15 is 0 Å². The minimum absolute atomic E-state index is 0.547. The Kier molecular flexibility index (Phi) is 2.24. The molecule has 4 heteroatoms. The van der Waals surface area contributed by atoms with Crippen molar-refractivity contribution < 1.29 is 0 Å². The summed E-state index contributed by atoms with van der Waals surface area (Å²) < 4.78 is 0. The first kappa shape index (κ1) is 8.94. The average Bonchev–Trinajstić information content (AvgIpc) is 2.73. The third-order valence-corrected chi connectivity index (χ3v) is 3.72. The zero-order chi connectivity index (χ0) is 9.31. The van der Waals surface area contributed by atoms with E-state index in [4.69, 9.17) is 0 Å². The second kappa shape index (κ2) is 3.25. The van der Waals surface area contributed by atoms with Gasteiger partial charge in [0.2, 0.25) is 5.13 Å². The van der Waals surface area contributed by atoms with Crippen LogP contribution in [0.1, 0.15) is 26.7 Å². The zero-order valence-electron chi connectivity index (χ0n) is 8.08. The molecule has 0 aliphatic heterocycles. The van der Waals surface area contributed by atoms with E-state index in [-0.39, 0.29) is 0 Å². The molecule has 2 rings (SSSR count). The van der Waals surface area contributed by atoms with Crippen molar-refractivity contribution in [3.8, 4) is 0 Å². The highest BCUT2D eigenvalue weighted by Crippen LogP contribution is 2.51. The average molecular weight is 197 g/mol.